The maximum absolute atomic E-state index is 9.35. The van der Waals surface area contributed by atoms with E-state index in [1.807, 2.05) is 0 Å². The highest BCUT2D eigenvalue weighted by Gasteiger charge is 2.46. The normalized spacial score (nSPS) is 34.2. The zero-order chi connectivity index (χ0) is 8.54. The van der Waals surface area contributed by atoms with Crippen LogP contribution < -0.4 is 0 Å². The third-order valence-electron chi connectivity index (χ3n) is 1.60. The van der Waals surface area contributed by atoms with Gasteiger partial charge in [0.05, 0.1) is 0 Å². The van der Waals surface area contributed by atoms with Crippen molar-refractivity contribution in [2.45, 2.75) is 11.6 Å². The van der Waals surface area contributed by atoms with Crippen LogP contribution in [-0.4, -0.2) is 34.0 Å². The molecule has 0 saturated heterocycles. The van der Waals surface area contributed by atoms with Gasteiger partial charge in [-0.05, 0) is 12.2 Å². The molecule has 3 N–H and O–H groups in total. The third-order valence-corrected chi connectivity index (χ3v) is 1.60. The molecule has 0 aromatic carbocycles. The smallest absolute Gasteiger partial charge is 0.245 e. The number of methoxy groups -OCH3 is 1. The summed E-state index contributed by atoms with van der Waals surface area (Å²) in [6, 6.07) is 0. The van der Waals surface area contributed by atoms with Crippen LogP contribution in [0.5, 0.6) is 0 Å². The molecule has 0 spiro atoms. The van der Waals surface area contributed by atoms with Gasteiger partial charge in [0.15, 0.2) is 0 Å². The molecule has 0 saturated carbocycles. The van der Waals surface area contributed by atoms with Crippen LogP contribution in [-0.2, 0) is 4.74 Å². The summed E-state index contributed by atoms with van der Waals surface area (Å²) < 4.78 is 4.51. The Kier molecular flexibility index (Phi) is 1.85. The van der Waals surface area contributed by atoms with Gasteiger partial charge < -0.3 is 20.1 Å². The molecule has 0 radical (unpaired) electrons. The first-order valence-corrected chi connectivity index (χ1v) is 3.11. The van der Waals surface area contributed by atoms with Crippen molar-refractivity contribution in [1.29, 1.82) is 0 Å². The van der Waals surface area contributed by atoms with Gasteiger partial charge in [-0.1, -0.05) is 12.2 Å². The molecule has 11 heavy (non-hydrogen) atoms. The van der Waals surface area contributed by atoms with E-state index in [1.54, 1.807) is 0 Å². The Morgan fingerprint density at radius 3 is 2.00 bits per heavy atom. The first-order chi connectivity index (χ1) is 5.02. The van der Waals surface area contributed by atoms with E-state index in [9.17, 15) is 5.11 Å². The summed E-state index contributed by atoms with van der Waals surface area (Å²) in [5, 5.41) is 27.6. The average molecular weight is 158 g/mol. The van der Waals surface area contributed by atoms with Crippen LogP contribution in [0.1, 0.15) is 0 Å². The van der Waals surface area contributed by atoms with Crippen molar-refractivity contribution in [3.8, 4) is 0 Å². The molecular formula is C7H10O4. The molecule has 62 valence electrons. The summed E-state index contributed by atoms with van der Waals surface area (Å²) in [4.78, 5) is 0. The van der Waals surface area contributed by atoms with Gasteiger partial charge in [-0.2, -0.15) is 0 Å². The van der Waals surface area contributed by atoms with Gasteiger partial charge in [0, 0.05) is 7.11 Å². The molecule has 0 amide bonds. The molecule has 0 heterocycles. The van der Waals surface area contributed by atoms with Gasteiger partial charge in [0.2, 0.25) is 11.6 Å². The first-order valence-electron chi connectivity index (χ1n) is 3.11. The minimum Gasteiger partial charge on any atom is -0.358 e. The maximum Gasteiger partial charge on any atom is 0.245 e. The summed E-state index contributed by atoms with van der Waals surface area (Å²) in [6.45, 7) is 0. The summed E-state index contributed by atoms with van der Waals surface area (Å²) in [5.41, 5.74) is 0. The SMILES string of the molecule is COC1(O)C=CC=CC1(O)O. The molecule has 4 heteroatoms. The predicted octanol–water partition coefficient (Wildman–Crippen LogP) is -0.872. The van der Waals surface area contributed by atoms with Crippen LogP contribution >= 0.6 is 0 Å². The number of ether oxygens (including phenoxy) is 1. The molecule has 1 rings (SSSR count). The fourth-order valence-corrected chi connectivity index (χ4v) is 0.836. The number of allylic oxidation sites excluding steroid dienone is 2. The van der Waals surface area contributed by atoms with Crippen LogP contribution in [0.4, 0.5) is 0 Å². The van der Waals surface area contributed by atoms with Crippen molar-refractivity contribution in [2.24, 2.45) is 0 Å². The van der Waals surface area contributed by atoms with E-state index in [2.05, 4.69) is 4.74 Å². The highest BCUT2D eigenvalue weighted by molar-refractivity contribution is 5.22. The molecule has 1 unspecified atom stereocenters. The number of hydrogen-bond donors (Lipinski definition) is 3. The lowest BCUT2D eigenvalue weighted by Crippen LogP contribution is -2.53. The summed E-state index contributed by atoms with van der Waals surface area (Å²) in [5.74, 6) is -4.39. The zero-order valence-corrected chi connectivity index (χ0v) is 6.06. The second-order valence-corrected chi connectivity index (χ2v) is 2.34. The van der Waals surface area contributed by atoms with E-state index in [1.165, 1.54) is 19.3 Å². The van der Waals surface area contributed by atoms with Gasteiger partial charge in [-0.3, -0.25) is 0 Å². The minimum atomic E-state index is -2.35. The number of hydrogen-bond acceptors (Lipinski definition) is 4. The highest BCUT2D eigenvalue weighted by atomic mass is 16.7. The van der Waals surface area contributed by atoms with Gasteiger partial charge in [0.1, 0.15) is 0 Å². The molecule has 4 nitrogen and oxygen atoms in total. The number of aliphatic hydroxyl groups is 3. The van der Waals surface area contributed by atoms with Gasteiger partial charge >= 0.3 is 0 Å². The maximum atomic E-state index is 9.35. The Morgan fingerprint density at radius 1 is 1.09 bits per heavy atom. The van der Waals surface area contributed by atoms with E-state index >= 15 is 0 Å². The van der Waals surface area contributed by atoms with Crippen molar-refractivity contribution in [3.05, 3.63) is 24.3 Å². The molecule has 0 fully saturated rings. The largest absolute Gasteiger partial charge is 0.358 e. The van der Waals surface area contributed by atoms with E-state index in [-0.39, 0.29) is 0 Å². The van der Waals surface area contributed by atoms with Gasteiger partial charge in [-0.15, -0.1) is 0 Å². The Labute approximate surface area is 64.0 Å². The Hall–Kier alpha value is -0.680. The van der Waals surface area contributed by atoms with Gasteiger partial charge in [-0.25, -0.2) is 0 Å². The van der Waals surface area contributed by atoms with Crippen molar-refractivity contribution < 1.29 is 20.1 Å². The van der Waals surface area contributed by atoms with Crippen LogP contribution in [0.2, 0.25) is 0 Å². The van der Waals surface area contributed by atoms with Gasteiger partial charge in [0.25, 0.3) is 0 Å². The third kappa shape index (κ3) is 1.21. The van der Waals surface area contributed by atoms with E-state index < -0.39 is 11.6 Å². The molecule has 0 aromatic rings. The quantitative estimate of drug-likeness (QED) is 0.434. The lowest BCUT2D eigenvalue weighted by atomic mass is 10.0. The second-order valence-electron chi connectivity index (χ2n) is 2.34. The topological polar surface area (TPSA) is 69.9 Å². The summed E-state index contributed by atoms with van der Waals surface area (Å²) >= 11 is 0. The molecule has 1 aliphatic carbocycles. The highest BCUT2D eigenvalue weighted by Crippen LogP contribution is 2.26. The predicted molar refractivity (Wildman–Crippen MR) is 37.4 cm³/mol. The molecular weight excluding hydrogens is 148 g/mol. The Morgan fingerprint density at radius 2 is 1.64 bits per heavy atom. The zero-order valence-electron chi connectivity index (χ0n) is 6.06. The van der Waals surface area contributed by atoms with Crippen LogP contribution in [0.3, 0.4) is 0 Å². The fraction of sp³-hybridized carbons (Fsp3) is 0.429. The fourth-order valence-electron chi connectivity index (χ4n) is 0.836. The van der Waals surface area contributed by atoms with E-state index in [4.69, 9.17) is 10.2 Å². The molecule has 0 aliphatic heterocycles. The van der Waals surface area contributed by atoms with E-state index in [0.29, 0.717) is 0 Å². The number of rotatable bonds is 1. The first kappa shape index (κ1) is 8.42. The molecule has 1 atom stereocenters. The monoisotopic (exact) mass is 158 g/mol. The lowest BCUT2D eigenvalue weighted by molar-refractivity contribution is -0.318. The van der Waals surface area contributed by atoms with Crippen LogP contribution in [0.25, 0.3) is 0 Å². The van der Waals surface area contributed by atoms with Crippen LogP contribution in [0.15, 0.2) is 24.3 Å². The Bertz CT molecular complexity index is 206. The molecule has 0 bridgehead atoms. The lowest BCUT2D eigenvalue weighted by Gasteiger charge is -2.34. The molecule has 0 aromatic heterocycles. The average Bonchev–Trinajstić information content (AvgIpc) is 1.95. The van der Waals surface area contributed by atoms with Crippen molar-refractivity contribution in [2.75, 3.05) is 7.11 Å². The summed E-state index contributed by atoms with van der Waals surface area (Å²) in [7, 11) is 1.19. The van der Waals surface area contributed by atoms with E-state index in [0.717, 1.165) is 12.2 Å². The van der Waals surface area contributed by atoms with Crippen molar-refractivity contribution in [3.63, 3.8) is 0 Å². The van der Waals surface area contributed by atoms with Crippen molar-refractivity contribution in [1.82, 2.24) is 0 Å². The Balaban J connectivity index is 2.97. The van der Waals surface area contributed by atoms with Crippen molar-refractivity contribution >= 4 is 0 Å². The second kappa shape index (κ2) is 2.42. The standard InChI is InChI=1S/C7H10O4/c1-11-7(10)5-3-2-4-6(7,8)9/h2-5,8-10H,1H3. The van der Waals surface area contributed by atoms with Crippen LogP contribution in [0, 0.1) is 0 Å². The summed E-state index contributed by atoms with van der Waals surface area (Å²) in [6.07, 6.45) is 5.07. The molecule has 1 aliphatic rings. The minimum absolute atomic E-state index is 1.04.